The first-order valence-electron chi connectivity index (χ1n) is 5.36. The van der Waals surface area contributed by atoms with Gasteiger partial charge >= 0.3 is 6.03 Å². The highest BCUT2D eigenvalue weighted by Crippen LogP contribution is 2.26. The van der Waals surface area contributed by atoms with Crippen molar-refractivity contribution in [3.63, 3.8) is 0 Å². The Morgan fingerprint density at radius 1 is 1.38 bits per heavy atom. The van der Waals surface area contributed by atoms with Crippen molar-refractivity contribution in [2.75, 3.05) is 12.4 Å². The van der Waals surface area contributed by atoms with E-state index in [1.54, 1.807) is 3.11 Å². The van der Waals surface area contributed by atoms with Crippen molar-refractivity contribution in [1.29, 1.82) is 0 Å². The maximum atomic E-state index is 11.9. The van der Waals surface area contributed by atoms with Crippen molar-refractivity contribution in [3.05, 3.63) is 4.91 Å². The Morgan fingerprint density at radius 3 is 2.50 bits per heavy atom. The quantitative estimate of drug-likeness (QED) is 0.254. The molecule has 0 aromatic rings. The normalized spacial score (nSPS) is 16.9. The number of carbonyl (C=O) groups excluding carboxylic acids is 1. The lowest BCUT2D eigenvalue weighted by molar-refractivity contribution is 0.172. The largest absolute Gasteiger partial charge is 0.352 e. The Labute approximate surface area is 114 Å². The number of carbonyl (C=O) groups is 1. The molecule has 16 heavy (non-hydrogen) atoms. The summed E-state index contributed by atoms with van der Waals surface area (Å²) in [5, 5.41) is 3.58. The van der Waals surface area contributed by atoms with Crippen molar-refractivity contribution >= 4 is 40.5 Å². The molecule has 1 aliphatic carbocycles. The van der Waals surface area contributed by atoms with Crippen LogP contribution in [0.5, 0.6) is 0 Å². The molecule has 0 radical (unpaired) electrons. The van der Waals surface area contributed by atoms with Crippen LogP contribution in [0.15, 0.2) is 5.29 Å². The molecule has 0 unspecified atom stereocenters. The van der Waals surface area contributed by atoms with E-state index in [4.69, 9.17) is 11.6 Å². The first kappa shape index (κ1) is 14.0. The van der Waals surface area contributed by atoms with E-state index in [2.05, 4.69) is 5.29 Å². The molecule has 0 aliphatic heterocycles. The molecular formula is C9H15ClIN3O2. The van der Waals surface area contributed by atoms with Gasteiger partial charge in [0.2, 0.25) is 0 Å². The standard InChI is InChI=1S/C9H15ClIN3O2/c10-6-7-13(12-16)9(15)14(11)8-4-2-1-3-5-8/h8H,1-7H2. The zero-order chi connectivity index (χ0) is 12.0. The summed E-state index contributed by atoms with van der Waals surface area (Å²) in [5.41, 5.74) is 0. The lowest BCUT2D eigenvalue weighted by atomic mass is 9.96. The third kappa shape index (κ3) is 3.73. The van der Waals surface area contributed by atoms with E-state index in [1.165, 1.54) is 6.42 Å². The van der Waals surface area contributed by atoms with E-state index in [0.717, 1.165) is 30.7 Å². The van der Waals surface area contributed by atoms with Crippen molar-refractivity contribution in [2.24, 2.45) is 5.29 Å². The summed E-state index contributed by atoms with van der Waals surface area (Å²) < 4.78 is 1.59. The first-order valence-corrected chi connectivity index (χ1v) is 6.86. The van der Waals surface area contributed by atoms with E-state index >= 15 is 0 Å². The highest BCUT2D eigenvalue weighted by molar-refractivity contribution is 14.1. The maximum Gasteiger partial charge on any atom is 0.352 e. The third-order valence-corrected chi connectivity index (χ3v) is 4.06. The van der Waals surface area contributed by atoms with Gasteiger partial charge in [0.1, 0.15) is 0 Å². The van der Waals surface area contributed by atoms with Gasteiger partial charge in [0.25, 0.3) is 0 Å². The molecule has 0 N–H and O–H groups in total. The second-order valence-electron chi connectivity index (χ2n) is 3.78. The van der Waals surface area contributed by atoms with Crippen molar-refractivity contribution in [3.8, 4) is 0 Å². The van der Waals surface area contributed by atoms with Gasteiger partial charge in [-0.15, -0.1) is 16.5 Å². The highest BCUT2D eigenvalue weighted by Gasteiger charge is 2.27. The molecule has 0 saturated heterocycles. The molecule has 1 rings (SSSR count). The van der Waals surface area contributed by atoms with Gasteiger partial charge in [-0.2, -0.15) is 5.01 Å². The smallest absolute Gasteiger partial charge is 0.262 e. The summed E-state index contributed by atoms with van der Waals surface area (Å²) in [6.07, 6.45) is 5.51. The number of urea groups is 1. The van der Waals surface area contributed by atoms with E-state index in [9.17, 15) is 9.70 Å². The number of halogens is 2. The molecule has 0 aromatic heterocycles. The number of nitroso groups, excluding NO2 is 1. The maximum absolute atomic E-state index is 11.9. The molecule has 7 heteroatoms. The van der Waals surface area contributed by atoms with Gasteiger partial charge in [-0.3, -0.25) is 3.11 Å². The summed E-state index contributed by atoms with van der Waals surface area (Å²) in [4.78, 5) is 22.3. The minimum absolute atomic E-state index is 0.163. The van der Waals surface area contributed by atoms with Crippen LogP contribution >= 0.6 is 34.5 Å². The molecule has 1 aliphatic rings. The molecule has 1 saturated carbocycles. The lowest BCUT2D eigenvalue weighted by Gasteiger charge is -2.30. The average Bonchev–Trinajstić information content (AvgIpc) is 2.35. The van der Waals surface area contributed by atoms with Crippen molar-refractivity contribution in [2.45, 2.75) is 38.1 Å². The number of nitrogens with zero attached hydrogens (tertiary/aromatic N) is 3. The monoisotopic (exact) mass is 359 g/mol. The molecule has 5 nitrogen and oxygen atoms in total. The zero-order valence-electron chi connectivity index (χ0n) is 8.94. The lowest BCUT2D eigenvalue weighted by Crippen LogP contribution is -2.41. The minimum Gasteiger partial charge on any atom is -0.262 e. The van der Waals surface area contributed by atoms with Crippen LogP contribution in [0.1, 0.15) is 32.1 Å². The fraction of sp³-hybridized carbons (Fsp3) is 0.889. The highest BCUT2D eigenvalue weighted by atomic mass is 127. The van der Waals surface area contributed by atoms with Gasteiger partial charge in [-0.05, 0) is 12.8 Å². The third-order valence-electron chi connectivity index (χ3n) is 2.69. The van der Waals surface area contributed by atoms with Gasteiger partial charge in [0, 0.05) is 11.9 Å². The number of amides is 2. The fourth-order valence-corrected chi connectivity index (χ4v) is 2.79. The summed E-state index contributed by atoms with van der Waals surface area (Å²) in [6, 6.07) is -0.135. The molecule has 2 amide bonds. The Bertz CT molecular complexity index is 249. The predicted octanol–water partition coefficient (Wildman–Crippen LogP) is 3.31. The zero-order valence-corrected chi connectivity index (χ0v) is 11.9. The first-order chi connectivity index (χ1) is 7.70. The molecule has 92 valence electrons. The summed E-state index contributed by atoms with van der Waals surface area (Å²) in [5.74, 6) is 0.215. The van der Waals surface area contributed by atoms with Gasteiger partial charge in [0.05, 0.1) is 34.7 Å². The Hall–Kier alpha value is -0.110. The SMILES string of the molecule is O=NN(CCCl)C(=O)N(I)C1CCCCC1. The van der Waals surface area contributed by atoms with Crippen LogP contribution in [0.25, 0.3) is 0 Å². The minimum atomic E-state index is -0.358. The predicted molar refractivity (Wildman–Crippen MR) is 71.3 cm³/mol. The van der Waals surface area contributed by atoms with Crippen LogP contribution in [0, 0.1) is 4.91 Å². The van der Waals surface area contributed by atoms with Gasteiger partial charge < -0.3 is 0 Å². The van der Waals surface area contributed by atoms with Gasteiger partial charge in [0.15, 0.2) is 0 Å². The Balaban J connectivity index is 2.53. The number of rotatable bonds is 4. The molecule has 0 heterocycles. The van der Waals surface area contributed by atoms with Crippen LogP contribution in [-0.4, -0.2) is 32.6 Å². The average molecular weight is 360 g/mol. The van der Waals surface area contributed by atoms with E-state index < -0.39 is 0 Å². The summed E-state index contributed by atoms with van der Waals surface area (Å²) >= 11 is 7.46. The molecule has 0 atom stereocenters. The van der Waals surface area contributed by atoms with Crippen molar-refractivity contribution < 1.29 is 4.79 Å². The second kappa shape index (κ2) is 7.26. The van der Waals surface area contributed by atoms with E-state index in [-0.39, 0.29) is 24.5 Å². The Kier molecular flexibility index (Phi) is 6.33. The van der Waals surface area contributed by atoms with Crippen LogP contribution < -0.4 is 0 Å². The van der Waals surface area contributed by atoms with Crippen LogP contribution in [0.4, 0.5) is 4.79 Å². The second-order valence-corrected chi connectivity index (χ2v) is 5.20. The number of hydrogen-bond acceptors (Lipinski definition) is 3. The van der Waals surface area contributed by atoms with E-state index in [1.807, 2.05) is 22.9 Å². The van der Waals surface area contributed by atoms with Gasteiger partial charge in [-0.1, -0.05) is 19.3 Å². The molecule has 0 spiro atoms. The Morgan fingerprint density at radius 2 is 2.00 bits per heavy atom. The fourth-order valence-electron chi connectivity index (χ4n) is 1.83. The van der Waals surface area contributed by atoms with Crippen LogP contribution in [-0.2, 0) is 0 Å². The molecular weight excluding hydrogens is 344 g/mol. The molecule has 0 aromatic carbocycles. The van der Waals surface area contributed by atoms with Crippen LogP contribution in [0.2, 0.25) is 0 Å². The van der Waals surface area contributed by atoms with Crippen LogP contribution in [0.3, 0.4) is 0 Å². The summed E-state index contributed by atoms with van der Waals surface area (Å²) in [6.45, 7) is 0.163. The number of hydrogen-bond donors (Lipinski definition) is 0. The summed E-state index contributed by atoms with van der Waals surface area (Å²) in [7, 11) is 0. The number of alkyl halides is 1. The van der Waals surface area contributed by atoms with Crippen molar-refractivity contribution in [1.82, 2.24) is 8.12 Å². The molecule has 1 fully saturated rings. The topological polar surface area (TPSA) is 53.0 Å². The van der Waals surface area contributed by atoms with E-state index in [0.29, 0.717) is 0 Å². The molecule has 0 bridgehead atoms. The van der Waals surface area contributed by atoms with Gasteiger partial charge in [-0.25, -0.2) is 4.79 Å².